The van der Waals surface area contributed by atoms with Crippen LogP contribution in [0.5, 0.6) is 0 Å². The molecule has 2 aromatic carbocycles. The molecule has 2 aromatic rings. The highest BCUT2D eigenvalue weighted by molar-refractivity contribution is 5.94. The van der Waals surface area contributed by atoms with Crippen molar-refractivity contribution in [3.8, 4) is 0 Å². The maximum atomic E-state index is 12.9. The molecule has 1 saturated heterocycles. The Morgan fingerprint density at radius 2 is 1.70 bits per heavy atom. The van der Waals surface area contributed by atoms with E-state index in [1.54, 1.807) is 0 Å². The molecule has 1 aliphatic rings. The fraction of sp³-hybridized carbons (Fsp3) is 0.500. The number of hydrogen-bond acceptors (Lipinski definition) is 3. The van der Waals surface area contributed by atoms with Crippen molar-refractivity contribution in [1.29, 1.82) is 0 Å². The summed E-state index contributed by atoms with van der Waals surface area (Å²) in [5, 5.41) is 6.37. The third-order valence-electron chi connectivity index (χ3n) is 6.28. The molecule has 0 spiro atoms. The van der Waals surface area contributed by atoms with Gasteiger partial charge in [0.1, 0.15) is 0 Å². The molecule has 0 aromatic heterocycles. The van der Waals surface area contributed by atoms with Gasteiger partial charge in [-0.1, -0.05) is 62.4 Å². The smallest absolute Gasteiger partial charge is 0.251 e. The van der Waals surface area contributed by atoms with Crippen LogP contribution in [0.2, 0.25) is 0 Å². The van der Waals surface area contributed by atoms with Crippen molar-refractivity contribution in [3.63, 3.8) is 0 Å². The zero-order chi connectivity index (χ0) is 23.5. The lowest BCUT2D eigenvalue weighted by Crippen LogP contribution is -2.50. The third-order valence-corrected chi connectivity index (χ3v) is 6.28. The maximum Gasteiger partial charge on any atom is 0.251 e. The Balaban J connectivity index is 1.47. The molecule has 2 N–H and O–H groups in total. The predicted molar refractivity (Wildman–Crippen MR) is 134 cm³/mol. The average Bonchev–Trinajstić information content (AvgIpc) is 3.27. The molecule has 1 fully saturated rings. The second kappa shape index (κ2) is 13.1. The Bertz CT molecular complexity index is 854. The van der Waals surface area contributed by atoms with Crippen molar-refractivity contribution in [3.05, 3.63) is 71.8 Å². The second-order valence-electron chi connectivity index (χ2n) is 9.55. The zero-order valence-corrected chi connectivity index (χ0v) is 20.1. The minimum absolute atomic E-state index is 0.0250. The summed E-state index contributed by atoms with van der Waals surface area (Å²) in [6.07, 6.45) is 5.90. The first kappa shape index (κ1) is 25.0. The predicted octanol–water partition coefficient (Wildman–Crippen LogP) is 4.43. The van der Waals surface area contributed by atoms with Gasteiger partial charge in [0.05, 0.1) is 6.04 Å². The van der Waals surface area contributed by atoms with E-state index in [4.69, 9.17) is 0 Å². The molecule has 0 saturated carbocycles. The Kier molecular flexibility index (Phi) is 9.95. The number of amides is 2. The molecule has 5 heteroatoms. The molecule has 0 aliphatic carbocycles. The molecule has 1 heterocycles. The number of likely N-dealkylation sites (tertiary alicyclic amines) is 1. The van der Waals surface area contributed by atoms with E-state index in [0.29, 0.717) is 18.0 Å². The van der Waals surface area contributed by atoms with E-state index in [0.717, 1.165) is 51.6 Å². The van der Waals surface area contributed by atoms with Crippen LogP contribution in [0.1, 0.15) is 61.9 Å². The minimum Gasteiger partial charge on any atom is -0.355 e. The molecule has 2 atom stereocenters. The molecular formula is C28H39N3O2. The quantitative estimate of drug-likeness (QED) is 0.471. The number of nitrogens with one attached hydrogen (secondary N) is 2. The van der Waals surface area contributed by atoms with Gasteiger partial charge in [-0.05, 0) is 68.7 Å². The van der Waals surface area contributed by atoms with Crippen LogP contribution < -0.4 is 10.6 Å². The third kappa shape index (κ3) is 8.32. The van der Waals surface area contributed by atoms with E-state index in [-0.39, 0.29) is 23.9 Å². The van der Waals surface area contributed by atoms with E-state index in [9.17, 15) is 9.59 Å². The summed E-state index contributed by atoms with van der Waals surface area (Å²) in [5.74, 6) is 0.551. The van der Waals surface area contributed by atoms with Crippen molar-refractivity contribution in [2.75, 3.05) is 19.6 Å². The summed E-state index contributed by atoms with van der Waals surface area (Å²) in [5.41, 5.74) is 2.03. The maximum absolute atomic E-state index is 12.9. The molecule has 2 amide bonds. The fourth-order valence-electron chi connectivity index (χ4n) is 4.66. The first-order chi connectivity index (χ1) is 16.0. The highest BCUT2D eigenvalue weighted by Gasteiger charge is 2.32. The topological polar surface area (TPSA) is 61.4 Å². The van der Waals surface area contributed by atoms with Crippen LogP contribution in [0.25, 0.3) is 0 Å². The summed E-state index contributed by atoms with van der Waals surface area (Å²) in [7, 11) is 0. The van der Waals surface area contributed by atoms with Crippen LogP contribution in [0.3, 0.4) is 0 Å². The van der Waals surface area contributed by atoms with Gasteiger partial charge in [0.2, 0.25) is 5.91 Å². The van der Waals surface area contributed by atoms with Gasteiger partial charge in [0.15, 0.2) is 0 Å². The average molecular weight is 450 g/mol. The van der Waals surface area contributed by atoms with Crippen molar-refractivity contribution in [2.45, 2.75) is 64.5 Å². The lowest BCUT2D eigenvalue weighted by atomic mass is 10.0. The number of benzene rings is 2. The van der Waals surface area contributed by atoms with Gasteiger partial charge >= 0.3 is 0 Å². The Morgan fingerprint density at radius 1 is 1.00 bits per heavy atom. The van der Waals surface area contributed by atoms with Crippen LogP contribution in [0, 0.1) is 5.92 Å². The van der Waals surface area contributed by atoms with Gasteiger partial charge in [0, 0.05) is 24.7 Å². The van der Waals surface area contributed by atoms with E-state index in [1.165, 1.54) is 5.56 Å². The fourth-order valence-corrected chi connectivity index (χ4v) is 4.66. The number of carbonyl (C=O) groups is 2. The molecule has 33 heavy (non-hydrogen) atoms. The molecular weight excluding hydrogens is 410 g/mol. The van der Waals surface area contributed by atoms with Crippen molar-refractivity contribution < 1.29 is 9.59 Å². The SMILES string of the molecule is CC(C)C[C@H](CN1CCC[C@H]1C(=O)NCCCCc1ccccc1)NC(=O)c1ccccc1. The van der Waals surface area contributed by atoms with Crippen molar-refractivity contribution in [1.82, 2.24) is 15.5 Å². The van der Waals surface area contributed by atoms with Gasteiger partial charge in [-0.2, -0.15) is 0 Å². The Morgan fingerprint density at radius 3 is 2.39 bits per heavy atom. The standard InChI is InChI=1S/C28H39N3O2/c1-22(2)20-25(30-27(32)24-15-7-4-8-16-24)21-31-19-11-17-26(31)28(33)29-18-10-9-14-23-12-5-3-6-13-23/h3-8,12-13,15-16,22,25-26H,9-11,14,17-21H2,1-2H3,(H,29,33)(H,30,32)/t25-,26+/m1/s1. The molecule has 0 radical (unpaired) electrons. The normalized spacial score (nSPS) is 17.1. The number of aryl methyl sites for hydroxylation is 1. The molecule has 0 unspecified atom stereocenters. The molecule has 0 bridgehead atoms. The van der Waals surface area contributed by atoms with E-state index in [2.05, 4.69) is 53.6 Å². The summed E-state index contributed by atoms with van der Waals surface area (Å²) >= 11 is 0. The highest BCUT2D eigenvalue weighted by Crippen LogP contribution is 2.19. The van der Waals surface area contributed by atoms with E-state index in [1.807, 2.05) is 36.4 Å². The summed E-state index contributed by atoms with van der Waals surface area (Å²) in [4.78, 5) is 27.9. The summed E-state index contributed by atoms with van der Waals surface area (Å²) in [6.45, 7) is 6.68. The van der Waals surface area contributed by atoms with Crippen LogP contribution in [-0.4, -0.2) is 48.4 Å². The van der Waals surface area contributed by atoms with E-state index < -0.39 is 0 Å². The van der Waals surface area contributed by atoms with Gasteiger partial charge in [-0.25, -0.2) is 0 Å². The van der Waals surface area contributed by atoms with Crippen molar-refractivity contribution in [2.24, 2.45) is 5.92 Å². The zero-order valence-electron chi connectivity index (χ0n) is 20.1. The number of rotatable bonds is 12. The lowest BCUT2D eigenvalue weighted by Gasteiger charge is -2.30. The number of hydrogen-bond donors (Lipinski definition) is 2. The Labute approximate surface area is 199 Å². The second-order valence-corrected chi connectivity index (χ2v) is 9.55. The summed E-state index contributed by atoms with van der Waals surface area (Å²) in [6, 6.07) is 19.8. The molecule has 1 aliphatic heterocycles. The molecule has 3 rings (SSSR count). The van der Waals surface area contributed by atoms with E-state index >= 15 is 0 Å². The van der Waals surface area contributed by atoms with Gasteiger partial charge in [-0.15, -0.1) is 0 Å². The van der Waals surface area contributed by atoms with Crippen LogP contribution in [0.15, 0.2) is 60.7 Å². The van der Waals surface area contributed by atoms with Crippen LogP contribution in [0.4, 0.5) is 0 Å². The number of unbranched alkanes of at least 4 members (excludes halogenated alkanes) is 1. The largest absolute Gasteiger partial charge is 0.355 e. The van der Waals surface area contributed by atoms with Crippen LogP contribution >= 0.6 is 0 Å². The summed E-state index contributed by atoms with van der Waals surface area (Å²) < 4.78 is 0. The Hall–Kier alpha value is -2.66. The van der Waals surface area contributed by atoms with Crippen LogP contribution in [-0.2, 0) is 11.2 Å². The number of carbonyl (C=O) groups excluding carboxylic acids is 2. The first-order valence-electron chi connectivity index (χ1n) is 12.4. The van der Waals surface area contributed by atoms with Crippen molar-refractivity contribution >= 4 is 11.8 Å². The number of nitrogens with zero attached hydrogens (tertiary/aromatic N) is 1. The highest BCUT2D eigenvalue weighted by atomic mass is 16.2. The van der Waals surface area contributed by atoms with Gasteiger partial charge < -0.3 is 10.6 Å². The van der Waals surface area contributed by atoms with Gasteiger partial charge in [-0.3, -0.25) is 14.5 Å². The first-order valence-corrected chi connectivity index (χ1v) is 12.4. The van der Waals surface area contributed by atoms with Gasteiger partial charge in [0.25, 0.3) is 5.91 Å². The minimum atomic E-state index is -0.0950. The molecule has 178 valence electrons. The molecule has 5 nitrogen and oxygen atoms in total. The lowest BCUT2D eigenvalue weighted by molar-refractivity contribution is -0.125. The monoisotopic (exact) mass is 449 g/mol.